The molecule has 2 rings (SSSR count). The Bertz CT molecular complexity index is 602. The molecular weight excluding hydrogens is 300 g/mol. The van der Waals surface area contributed by atoms with E-state index < -0.39 is 6.04 Å². The highest BCUT2D eigenvalue weighted by Gasteiger charge is 2.22. The summed E-state index contributed by atoms with van der Waals surface area (Å²) in [6, 6.07) is 16.2. The number of nitrogens with zero attached hydrogens (tertiary/aromatic N) is 1. The minimum absolute atomic E-state index is 0.375. The number of hydrogen-bond donors (Lipinski definition) is 1. The molecule has 0 spiro atoms. The molecule has 116 valence electrons. The minimum atomic E-state index is -0.463. The number of amides is 1. The summed E-state index contributed by atoms with van der Waals surface area (Å²) in [4.78, 5) is 13.6. The molecule has 0 aliphatic heterocycles. The highest BCUT2D eigenvalue weighted by atomic mass is 35.5. The van der Waals surface area contributed by atoms with E-state index in [9.17, 15) is 4.79 Å². The van der Waals surface area contributed by atoms with Crippen molar-refractivity contribution >= 4 is 17.5 Å². The van der Waals surface area contributed by atoms with Gasteiger partial charge < -0.3 is 10.5 Å². The van der Waals surface area contributed by atoms with Crippen LogP contribution < -0.4 is 10.5 Å². The highest BCUT2D eigenvalue weighted by Crippen LogP contribution is 2.19. The first-order valence-electron chi connectivity index (χ1n) is 7.01. The summed E-state index contributed by atoms with van der Waals surface area (Å²) in [6.07, 6.45) is 0. The molecule has 0 aromatic heterocycles. The van der Waals surface area contributed by atoms with Crippen LogP contribution in [0.5, 0.6) is 5.75 Å². The fourth-order valence-corrected chi connectivity index (χ4v) is 2.36. The highest BCUT2D eigenvalue weighted by molar-refractivity contribution is 6.30. The van der Waals surface area contributed by atoms with E-state index in [1.165, 1.54) is 0 Å². The van der Waals surface area contributed by atoms with Crippen molar-refractivity contribution in [3.05, 3.63) is 65.2 Å². The van der Waals surface area contributed by atoms with Crippen molar-refractivity contribution in [1.82, 2.24) is 4.90 Å². The summed E-state index contributed by atoms with van der Waals surface area (Å²) in [7, 11) is 1.85. The van der Waals surface area contributed by atoms with Crippen LogP contribution in [0.1, 0.15) is 11.6 Å². The van der Waals surface area contributed by atoms with E-state index in [2.05, 4.69) is 0 Å². The lowest BCUT2D eigenvalue weighted by Gasteiger charge is -2.25. The van der Waals surface area contributed by atoms with Crippen LogP contribution in [0.25, 0.3) is 0 Å². The summed E-state index contributed by atoms with van der Waals surface area (Å²) in [5.74, 6) is 0.369. The van der Waals surface area contributed by atoms with Gasteiger partial charge in [-0.25, -0.2) is 0 Å². The van der Waals surface area contributed by atoms with Crippen molar-refractivity contribution < 1.29 is 9.53 Å². The van der Waals surface area contributed by atoms with E-state index in [-0.39, 0.29) is 5.91 Å². The first-order valence-corrected chi connectivity index (χ1v) is 7.38. The van der Waals surface area contributed by atoms with Crippen LogP contribution in [0.3, 0.4) is 0 Å². The average molecular weight is 319 g/mol. The topological polar surface area (TPSA) is 55.6 Å². The molecule has 2 aromatic rings. The maximum atomic E-state index is 11.7. The molecule has 0 aliphatic carbocycles. The zero-order valence-electron chi connectivity index (χ0n) is 12.4. The van der Waals surface area contributed by atoms with Gasteiger partial charge >= 0.3 is 0 Å². The number of ether oxygens (including phenoxy) is 1. The first kappa shape index (κ1) is 16.3. The molecule has 0 heterocycles. The molecule has 22 heavy (non-hydrogen) atoms. The van der Waals surface area contributed by atoms with Crippen LogP contribution in [0.15, 0.2) is 54.6 Å². The standard InChI is InChI=1S/C17H19ClN2O2/c1-20(11-12-22-15-9-7-14(18)8-10-15)16(17(19)21)13-5-3-2-4-6-13/h2-10,16H,11-12H2,1H3,(H2,19,21)/t16-/m1/s1. The lowest BCUT2D eigenvalue weighted by atomic mass is 10.1. The molecule has 2 aromatic carbocycles. The third-order valence-electron chi connectivity index (χ3n) is 3.35. The number of carbonyl (C=O) groups excluding carboxylic acids is 1. The molecule has 0 aliphatic rings. The van der Waals surface area contributed by atoms with Crippen molar-refractivity contribution in [2.75, 3.05) is 20.2 Å². The van der Waals surface area contributed by atoms with Crippen LogP contribution in [-0.4, -0.2) is 31.0 Å². The fraction of sp³-hybridized carbons (Fsp3) is 0.235. The number of nitrogens with two attached hydrogens (primary N) is 1. The molecule has 0 fully saturated rings. The van der Waals surface area contributed by atoms with Gasteiger partial charge in [-0.15, -0.1) is 0 Å². The van der Waals surface area contributed by atoms with Crippen molar-refractivity contribution in [3.8, 4) is 5.75 Å². The monoisotopic (exact) mass is 318 g/mol. The fourth-order valence-electron chi connectivity index (χ4n) is 2.24. The second-order valence-electron chi connectivity index (χ2n) is 5.00. The Morgan fingerprint density at radius 2 is 1.82 bits per heavy atom. The second kappa shape index (κ2) is 7.82. The SMILES string of the molecule is CN(CCOc1ccc(Cl)cc1)[C@@H](C(N)=O)c1ccccc1. The second-order valence-corrected chi connectivity index (χ2v) is 5.44. The molecule has 0 saturated heterocycles. The van der Waals surface area contributed by atoms with Crippen LogP contribution in [0.2, 0.25) is 5.02 Å². The van der Waals surface area contributed by atoms with Gasteiger partial charge in [-0.1, -0.05) is 41.9 Å². The van der Waals surface area contributed by atoms with Gasteiger partial charge in [-0.05, 0) is 36.9 Å². The van der Waals surface area contributed by atoms with Gasteiger partial charge in [0.05, 0.1) is 0 Å². The molecule has 0 radical (unpaired) electrons. The molecule has 0 unspecified atom stereocenters. The van der Waals surface area contributed by atoms with Crippen LogP contribution >= 0.6 is 11.6 Å². The van der Waals surface area contributed by atoms with Crippen LogP contribution in [0.4, 0.5) is 0 Å². The maximum absolute atomic E-state index is 11.7. The van der Waals surface area contributed by atoms with Crippen molar-refractivity contribution in [1.29, 1.82) is 0 Å². The number of likely N-dealkylation sites (N-methyl/N-ethyl adjacent to an activating group) is 1. The average Bonchev–Trinajstić information content (AvgIpc) is 2.50. The van der Waals surface area contributed by atoms with Gasteiger partial charge in [0.1, 0.15) is 18.4 Å². The lowest BCUT2D eigenvalue weighted by Crippen LogP contribution is -2.37. The number of carbonyl (C=O) groups is 1. The Balaban J connectivity index is 1.93. The van der Waals surface area contributed by atoms with Gasteiger partial charge in [-0.3, -0.25) is 9.69 Å². The van der Waals surface area contributed by atoms with Gasteiger partial charge in [0.25, 0.3) is 0 Å². The van der Waals surface area contributed by atoms with E-state index in [0.29, 0.717) is 18.2 Å². The van der Waals surface area contributed by atoms with E-state index in [1.54, 1.807) is 12.1 Å². The molecule has 0 saturated carbocycles. The number of benzene rings is 2. The number of halogens is 1. The number of rotatable bonds is 7. The third kappa shape index (κ3) is 4.48. The molecule has 1 amide bonds. The zero-order valence-corrected chi connectivity index (χ0v) is 13.2. The summed E-state index contributed by atoms with van der Waals surface area (Å²) in [5, 5.41) is 0.669. The maximum Gasteiger partial charge on any atom is 0.239 e. The Hall–Kier alpha value is -2.04. The summed E-state index contributed by atoms with van der Waals surface area (Å²) in [6.45, 7) is 1.03. The molecular formula is C17H19ClN2O2. The smallest absolute Gasteiger partial charge is 0.239 e. The summed E-state index contributed by atoms with van der Waals surface area (Å²) < 4.78 is 5.65. The normalized spacial score (nSPS) is 12.1. The van der Waals surface area contributed by atoms with Gasteiger partial charge in [-0.2, -0.15) is 0 Å². The Labute approximate surface area is 135 Å². The minimum Gasteiger partial charge on any atom is -0.492 e. The van der Waals surface area contributed by atoms with Gasteiger partial charge in [0.15, 0.2) is 0 Å². The van der Waals surface area contributed by atoms with Gasteiger partial charge in [0, 0.05) is 11.6 Å². The first-order chi connectivity index (χ1) is 10.6. The van der Waals surface area contributed by atoms with E-state index >= 15 is 0 Å². The Morgan fingerprint density at radius 1 is 1.18 bits per heavy atom. The van der Waals surface area contributed by atoms with Gasteiger partial charge in [0.2, 0.25) is 5.91 Å². The van der Waals surface area contributed by atoms with E-state index in [4.69, 9.17) is 22.1 Å². The number of hydrogen-bond acceptors (Lipinski definition) is 3. The van der Waals surface area contributed by atoms with E-state index in [1.807, 2.05) is 54.4 Å². The Morgan fingerprint density at radius 3 is 2.41 bits per heavy atom. The summed E-state index contributed by atoms with van der Waals surface area (Å²) in [5.41, 5.74) is 6.41. The molecule has 5 heteroatoms. The molecule has 1 atom stereocenters. The Kier molecular flexibility index (Phi) is 5.81. The quantitative estimate of drug-likeness (QED) is 0.854. The predicted octanol–water partition coefficient (Wildman–Crippen LogP) is 2.88. The molecule has 4 nitrogen and oxygen atoms in total. The molecule has 0 bridgehead atoms. The van der Waals surface area contributed by atoms with Crippen LogP contribution in [0, 0.1) is 0 Å². The predicted molar refractivity (Wildman–Crippen MR) is 88.0 cm³/mol. The van der Waals surface area contributed by atoms with Crippen molar-refractivity contribution in [2.24, 2.45) is 5.73 Å². The van der Waals surface area contributed by atoms with Crippen molar-refractivity contribution in [3.63, 3.8) is 0 Å². The van der Waals surface area contributed by atoms with Crippen molar-refractivity contribution in [2.45, 2.75) is 6.04 Å². The lowest BCUT2D eigenvalue weighted by molar-refractivity contribution is -0.123. The van der Waals surface area contributed by atoms with Crippen LogP contribution in [-0.2, 0) is 4.79 Å². The van der Waals surface area contributed by atoms with E-state index in [0.717, 1.165) is 11.3 Å². The third-order valence-corrected chi connectivity index (χ3v) is 3.60. The largest absolute Gasteiger partial charge is 0.492 e. The zero-order chi connectivity index (χ0) is 15.9. The number of primary amides is 1. The summed E-state index contributed by atoms with van der Waals surface area (Å²) >= 11 is 5.83. The molecule has 2 N–H and O–H groups in total.